The predicted molar refractivity (Wildman–Crippen MR) is 96.6 cm³/mol. The number of aliphatic hydroxyl groups excluding tert-OH is 1. The normalized spacial score (nSPS) is 23.1. The number of para-hydroxylation sites is 2. The van der Waals surface area contributed by atoms with Crippen LogP contribution < -0.4 is 10.2 Å². The zero-order valence-electron chi connectivity index (χ0n) is 14.8. The Kier molecular flexibility index (Phi) is 5.36. The highest BCUT2D eigenvalue weighted by atomic mass is 16.3. The van der Waals surface area contributed by atoms with Gasteiger partial charge in [0.15, 0.2) is 0 Å². The molecule has 0 aliphatic carbocycles. The van der Waals surface area contributed by atoms with Gasteiger partial charge < -0.3 is 10.4 Å². The lowest BCUT2D eigenvalue weighted by atomic mass is 10.1. The number of nitrogens with zero attached hydrogens (tertiary/aromatic N) is 3. The third kappa shape index (κ3) is 4.18. The number of aliphatic hydroxyl groups is 1. The molecule has 2 amide bonds. The number of rotatable bonds is 4. The van der Waals surface area contributed by atoms with Crippen molar-refractivity contribution in [3.8, 4) is 0 Å². The van der Waals surface area contributed by atoms with Crippen molar-refractivity contribution in [3.05, 3.63) is 24.3 Å². The van der Waals surface area contributed by atoms with Crippen LogP contribution in [-0.4, -0.2) is 78.1 Å². The van der Waals surface area contributed by atoms with E-state index in [9.17, 15) is 14.7 Å². The predicted octanol–water partition coefficient (Wildman–Crippen LogP) is 0.359. The molecule has 0 spiro atoms. The van der Waals surface area contributed by atoms with Gasteiger partial charge in [-0.2, -0.15) is 0 Å². The summed E-state index contributed by atoms with van der Waals surface area (Å²) in [6, 6.07) is 7.66. The van der Waals surface area contributed by atoms with Gasteiger partial charge in [0.25, 0.3) is 0 Å². The minimum Gasteiger partial charge on any atom is -0.392 e. The number of piperazine rings is 1. The molecule has 0 radical (unpaired) electrons. The van der Waals surface area contributed by atoms with Crippen molar-refractivity contribution in [1.29, 1.82) is 0 Å². The van der Waals surface area contributed by atoms with E-state index in [-0.39, 0.29) is 30.5 Å². The molecule has 1 aromatic rings. The average molecular weight is 346 g/mol. The van der Waals surface area contributed by atoms with Crippen LogP contribution in [0, 0.1) is 0 Å². The van der Waals surface area contributed by atoms with Crippen LogP contribution in [0.4, 0.5) is 11.4 Å². The minimum absolute atomic E-state index is 0.0570. The summed E-state index contributed by atoms with van der Waals surface area (Å²) in [6.45, 7) is 7.32. The summed E-state index contributed by atoms with van der Waals surface area (Å²) in [6.07, 6.45) is -0.348. The fourth-order valence-corrected chi connectivity index (χ4v) is 3.56. The van der Waals surface area contributed by atoms with Crippen LogP contribution in [0.25, 0.3) is 0 Å². The van der Waals surface area contributed by atoms with Gasteiger partial charge in [-0.1, -0.05) is 12.1 Å². The summed E-state index contributed by atoms with van der Waals surface area (Å²) in [4.78, 5) is 30.6. The molecule has 25 heavy (non-hydrogen) atoms. The lowest BCUT2D eigenvalue weighted by Crippen LogP contribution is -2.56. The molecule has 7 nitrogen and oxygen atoms in total. The maximum atomic E-state index is 12.8. The Balaban J connectivity index is 1.63. The number of anilines is 2. The number of β-amino-alcohol motifs (C(OH)–C–C–N with tert-alkyl or cyclic N) is 1. The second-order valence-corrected chi connectivity index (χ2v) is 6.97. The second-order valence-electron chi connectivity index (χ2n) is 6.97. The third-order valence-electron chi connectivity index (χ3n) is 4.78. The van der Waals surface area contributed by atoms with Crippen molar-refractivity contribution in [1.82, 2.24) is 9.80 Å². The lowest BCUT2D eigenvalue weighted by molar-refractivity contribution is -0.123. The maximum Gasteiger partial charge on any atom is 0.244 e. The minimum atomic E-state index is -0.348. The monoisotopic (exact) mass is 346 g/mol. The molecule has 2 N–H and O–H groups in total. The van der Waals surface area contributed by atoms with Crippen molar-refractivity contribution in [2.24, 2.45) is 0 Å². The summed E-state index contributed by atoms with van der Waals surface area (Å²) < 4.78 is 0. The molecule has 2 atom stereocenters. The van der Waals surface area contributed by atoms with E-state index in [1.807, 2.05) is 24.3 Å². The number of hydrogen-bond acceptors (Lipinski definition) is 5. The molecule has 2 aliphatic heterocycles. The Morgan fingerprint density at radius 2 is 2.12 bits per heavy atom. The molecule has 0 unspecified atom stereocenters. The topological polar surface area (TPSA) is 76.1 Å². The number of nitrogens with one attached hydrogen (secondary N) is 1. The van der Waals surface area contributed by atoms with Crippen molar-refractivity contribution in [2.75, 3.05) is 49.5 Å². The molecule has 136 valence electrons. The summed E-state index contributed by atoms with van der Waals surface area (Å²) >= 11 is 0. The summed E-state index contributed by atoms with van der Waals surface area (Å²) in [5.41, 5.74) is 1.44. The van der Waals surface area contributed by atoms with E-state index in [2.05, 4.69) is 22.0 Å². The molecule has 2 aliphatic rings. The lowest BCUT2D eigenvalue weighted by Gasteiger charge is -2.40. The van der Waals surface area contributed by atoms with Crippen LogP contribution >= 0.6 is 0 Å². The quantitative estimate of drug-likeness (QED) is 0.823. The number of amides is 2. The van der Waals surface area contributed by atoms with Gasteiger partial charge in [-0.15, -0.1) is 0 Å². The van der Waals surface area contributed by atoms with E-state index >= 15 is 0 Å². The van der Waals surface area contributed by atoms with Crippen LogP contribution in [-0.2, 0) is 9.59 Å². The smallest absolute Gasteiger partial charge is 0.244 e. The van der Waals surface area contributed by atoms with Gasteiger partial charge in [-0.25, -0.2) is 0 Å². The van der Waals surface area contributed by atoms with Gasteiger partial charge in [0.05, 0.1) is 24.0 Å². The zero-order chi connectivity index (χ0) is 18.0. The van der Waals surface area contributed by atoms with Crippen LogP contribution in [0.1, 0.15) is 13.8 Å². The number of fused-ring (bicyclic) bond motifs is 1. The highest BCUT2D eigenvalue weighted by Gasteiger charge is 2.30. The number of benzene rings is 1. The average Bonchev–Trinajstić information content (AvgIpc) is 2.56. The van der Waals surface area contributed by atoms with Crippen LogP contribution in [0.5, 0.6) is 0 Å². The van der Waals surface area contributed by atoms with E-state index in [4.69, 9.17) is 0 Å². The van der Waals surface area contributed by atoms with E-state index in [0.717, 1.165) is 25.3 Å². The van der Waals surface area contributed by atoms with Gasteiger partial charge in [-0.3, -0.25) is 24.3 Å². The van der Waals surface area contributed by atoms with Gasteiger partial charge in [-0.05, 0) is 26.0 Å². The van der Waals surface area contributed by atoms with Gasteiger partial charge in [0.1, 0.15) is 6.54 Å². The molecule has 0 aromatic heterocycles. The first kappa shape index (κ1) is 17.8. The fourth-order valence-electron chi connectivity index (χ4n) is 3.56. The van der Waals surface area contributed by atoms with Crippen molar-refractivity contribution in [2.45, 2.75) is 26.0 Å². The van der Waals surface area contributed by atoms with Crippen LogP contribution in [0.3, 0.4) is 0 Å². The molecule has 7 heteroatoms. The first-order valence-corrected chi connectivity index (χ1v) is 8.77. The van der Waals surface area contributed by atoms with E-state index in [1.54, 1.807) is 11.8 Å². The Bertz CT molecular complexity index is 649. The largest absolute Gasteiger partial charge is 0.392 e. The Hall–Kier alpha value is -1.96. The molecule has 2 heterocycles. The third-order valence-corrected chi connectivity index (χ3v) is 4.78. The van der Waals surface area contributed by atoms with E-state index in [0.29, 0.717) is 18.8 Å². The maximum absolute atomic E-state index is 12.8. The molecule has 0 bridgehead atoms. The first-order valence-electron chi connectivity index (χ1n) is 8.77. The van der Waals surface area contributed by atoms with Crippen LogP contribution in [0.2, 0.25) is 0 Å². The van der Waals surface area contributed by atoms with Crippen molar-refractivity contribution >= 4 is 23.2 Å². The summed E-state index contributed by atoms with van der Waals surface area (Å²) in [7, 11) is 0. The van der Waals surface area contributed by atoms with Crippen LogP contribution in [0.15, 0.2) is 24.3 Å². The number of carbonyl (C=O) groups is 2. The highest BCUT2D eigenvalue weighted by molar-refractivity contribution is 6.10. The zero-order valence-corrected chi connectivity index (χ0v) is 14.8. The summed E-state index contributed by atoms with van der Waals surface area (Å²) in [5.74, 6) is -0.222. The number of carbonyl (C=O) groups excluding carboxylic acids is 2. The van der Waals surface area contributed by atoms with Crippen molar-refractivity contribution in [3.63, 3.8) is 0 Å². The first-order chi connectivity index (χ1) is 11.9. The Morgan fingerprint density at radius 1 is 1.36 bits per heavy atom. The van der Waals surface area contributed by atoms with Gasteiger partial charge in [0.2, 0.25) is 11.8 Å². The summed E-state index contributed by atoms with van der Waals surface area (Å²) in [5, 5.41) is 12.4. The second kappa shape index (κ2) is 7.51. The molecule has 3 rings (SSSR count). The standard InChI is InChI=1S/C18H26N4O3/c1-13-9-20(7-8-21(13)10-14(2)23)12-18(25)22-11-17(24)19-15-5-3-4-6-16(15)22/h3-6,13-14,23H,7-12H2,1-2H3,(H,19,24)/t13-,14-/m0/s1. The van der Waals surface area contributed by atoms with E-state index < -0.39 is 0 Å². The fraction of sp³-hybridized carbons (Fsp3) is 0.556. The molecular weight excluding hydrogens is 320 g/mol. The van der Waals surface area contributed by atoms with Gasteiger partial charge in [0, 0.05) is 32.2 Å². The SMILES string of the molecule is C[C@H](O)CN1CCN(CC(=O)N2CC(=O)Nc3ccccc32)C[C@@H]1C. The molecule has 1 aromatic carbocycles. The van der Waals surface area contributed by atoms with Crippen molar-refractivity contribution < 1.29 is 14.7 Å². The Morgan fingerprint density at radius 3 is 2.84 bits per heavy atom. The molecule has 0 saturated carbocycles. The molecule has 1 fully saturated rings. The number of hydrogen-bond donors (Lipinski definition) is 2. The van der Waals surface area contributed by atoms with Gasteiger partial charge >= 0.3 is 0 Å². The highest BCUT2D eigenvalue weighted by Crippen LogP contribution is 2.29. The Labute approximate surface area is 148 Å². The van der Waals surface area contributed by atoms with E-state index in [1.165, 1.54) is 0 Å². The molecular formula is C18H26N4O3. The molecule has 1 saturated heterocycles.